The van der Waals surface area contributed by atoms with E-state index >= 15 is 0 Å². The number of hydrogen-bond donors (Lipinski definition) is 1. The van der Waals surface area contributed by atoms with E-state index in [4.69, 9.17) is 9.84 Å². The van der Waals surface area contributed by atoms with Gasteiger partial charge < -0.3 is 9.84 Å². The van der Waals surface area contributed by atoms with Crippen LogP contribution in [0.4, 0.5) is 0 Å². The van der Waals surface area contributed by atoms with Crippen LogP contribution < -0.4 is 0 Å². The zero-order valence-corrected chi connectivity index (χ0v) is 10.3. The van der Waals surface area contributed by atoms with Crippen molar-refractivity contribution < 1.29 is 18.3 Å². The zero-order valence-electron chi connectivity index (χ0n) is 9.48. The van der Waals surface area contributed by atoms with Crippen LogP contribution in [0.5, 0.6) is 0 Å². The Morgan fingerprint density at radius 1 is 1.65 bits per heavy atom. The normalized spacial score (nSPS) is 22.8. The molecule has 1 aromatic heterocycles. The van der Waals surface area contributed by atoms with Gasteiger partial charge in [0.25, 0.3) is 0 Å². The van der Waals surface area contributed by atoms with Crippen molar-refractivity contribution in [3.63, 3.8) is 0 Å². The second-order valence-corrected chi connectivity index (χ2v) is 5.83. The van der Waals surface area contributed by atoms with Crippen molar-refractivity contribution in [1.29, 1.82) is 0 Å². The van der Waals surface area contributed by atoms with E-state index in [9.17, 15) is 8.42 Å². The Kier molecular flexibility index (Phi) is 3.48. The van der Waals surface area contributed by atoms with Crippen LogP contribution in [0, 0.1) is 0 Å². The minimum atomic E-state index is -3.53. The first-order valence-corrected chi connectivity index (χ1v) is 6.69. The van der Waals surface area contributed by atoms with Gasteiger partial charge in [0.05, 0.1) is 25.5 Å². The first-order chi connectivity index (χ1) is 8.04. The summed E-state index contributed by atoms with van der Waals surface area (Å²) < 4.78 is 32.4. The predicted octanol–water partition coefficient (Wildman–Crippen LogP) is -1.20. The van der Waals surface area contributed by atoms with Gasteiger partial charge in [0.1, 0.15) is 4.90 Å². The molecule has 0 aliphatic carbocycles. The third-order valence-electron chi connectivity index (χ3n) is 2.62. The summed E-state index contributed by atoms with van der Waals surface area (Å²) in [6, 6.07) is 0. The average Bonchev–Trinajstić information content (AvgIpc) is 2.76. The number of morpholine rings is 1. The molecule has 1 aliphatic heterocycles. The van der Waals surface area contributed by atoms with E-state index in [0.717, 1.165) is 0 Å². The van der Waals surface area contributed by atoms with Gasteiger partial charge in [0.15, 0.2) is 0 Å². The van der Waals surface area contributed by atoms with E-state index in [1.165, 1.54) is 21.4 Å². The van der Waals surface area contributed by atoms with E-state index in [-0.39, 0.29) is 18.0 Å². The molecule has 1 unspecified atom stereocenters. The number of rotatable bonds is 3. The molecule has 0 spiro atoms. The lowest BCUT2D eigenvalue weighted by molar-refractivity contribution is -0.0304. The fourth-order valence-corrected chi connectivity index (χ4v) is 3.14. The summed E-state index contributed by atoms with van der Waals surface area (Å²) in [6.45, 7) is 0.589. The second-order valence-electron chi connectivity index (χ2n) is 3.89. The minimum absolute atomic E-state index is 0.165. The molecular formula is C9H15N3O4S. The highest BCUT2D eigenvalue weighted by molar-refractivity contribution is 7.89. The van der Waals surface area contributed by atoms with Crippen molar-refractivity contribution in [1.82, 2.24) is 14.1 Å². The molecule has 1 saturated heterocycles. The lowest BCUT2D eigenvalue weighted by Gasteiger charge is -2.30. The van der Waals surface area contributed by atoms with Crippen molar-refractivity contribution in [2.75, 3.05) is 26.3 Å². The average molecular weight is 261 g/mol. The third kappa shape index (κ3) is 2.49. The van der Waals surface area contributed by atoms with Gasteiger partial charge in [-0.1, -0.05) is 0 Å². The Labute approximate surface area is 99.7 Å². The smallest absolute Gasteiger partial charge is 0.246 e. The first-order valence-electron chi connectivity index (χ1n) is 5.25. The van der Waals surface area contributed by atoms with Crippen LogP contribution in [-0.4, -0.2) is 60.0 Å². The minimum Gasteiger partial charge on any atom is -0.394 e. The lowest BCUT2D eigenvalue weighted by atomic mass is 10.3. The van der Waals surface area contributed by atoms with Gasteiger partial charge in [-0.05, 0) is 0 Å². The number of ether oxygens (including phenoxy) is 1. The van der Waals surface area contributed by atoms with Crippen molar-refractivity contribution in [2.45, 2.75) is 11.0 Å². The largest absolute Gasteiger partial charge is 0.394 e. The molecule has 1 N–H and O–H groups in total. The number of nitrogens with zero attached hydrogens (tertiary/aromatic N) is 3. The first kappa shape index (κ1) is 12.5. The summed E-state index contributed by atoms with van der Waals surface area (Å²) in [6.07, 6.45) is 2.33. The Morgan fingerprint density at radius 3 is 3.00 bits per heavy atom. The van der Waals surface area contributed by atoms with Crippen LogP contribution in [-0.2, 0) is 21.8 Å². The monoisotopic (exact) mass is 261 g/mol. The van der Waals surface area contributed by atoms with Gasteiger partial charge in [0.2, 0.25) is 10.0 Å². The SMILES string of the molecule is Cn1cc(S(=O)(=O)N2CCOC(CO)C2)cn1. The van der Waals surface area contributed by atoms with Crippen molar-refractivity contribution in [2.24, 2.45) is 7.05 Å². The van der Waals surface area contributed by atoms with Crippen molar-refractivity contribution >= 4 is 10.0 Å². The van der Waals surface area contributed by atoms with Crippen molar-refractivity contribution in [3.05, 3.63) is 12.4 Å². The molecule has 2 heterocycles. The van der Waals surface area contributed by atoms with Crippen LogP contribution >= 0.6 is 0 Å². The molecule has 0 radical (unpaired) electrons. The van der Waals surface area contributed by atoms with E-state index in [0.29, 0.717) is 13.2 Å². The number of aryl methyl sites for hydroxylation is 1. The molecule has 0 aromatic carbocycles. The van der Waals surface area contributed by atoms with Crippen LogP contribution in [0.2, 0.25) is 0 Å². The van der Waals surface area contributed by atoms with Gasteiger partial charge in [-0.2, -0.15) is 9.40 Å². The molecule has 1 atom stereocenters. The zero-order chi connectivity index (χ0) is 12.5. The topological polar surface area (TPSA) is 84.7 Å². The van der Waals surface area contributed by atoms with Gasteiger partial charge >= 0.3 is 0 Å². The Balaban J connectivity index is 2.21. The number of sulfonamides is 1. The number of aliphatic hydroxyl groups is 1. The van der Waals surface area contributed by atoms with Crippen LogP contribution in [0.25, 0.3) is 0 Å². The van der Waals surface area contributed by atoms with Gasteiger partial charge in [0, 0.05) is 26.3 Å². The number of hydrogen-bond acceptors (Lipinski definition) is 5. The standard InChI is InChI=1S/C9H15N3O4S/c1-11-6-9(4-10-11)17(14,15)12-2-3-16-8(5-12)7-13/h4,6,8,13H,2-3,5,7H2,1H3. The molecule has 17 heavy (non-hydrogen) atoms. The van der Waals surface area contributed by atoms with Gasteiger partial charge in [-0.3, -0.25) is 4.68 Å². The molecule has 1 aromatic rings. The summed E-state index contributed by atoms with van der Waals surface area (Å²) in [7, 11) is -1.86. The quantitative estimate of drug-likeness (QED) is 0.739. The Bertz CT molecular complexity index is 484. The Hall–Kier alpha value is -0.960. The highest BCUT2D eigenvalue weighted by Crippen LogP contribution is 2.17. The highest BCUT2D eigenvalue weighted by atomic mass is 32.2. The van der Waals surface area contributed by atoms with Crippen molar-refractivity contribution in [3.8, 4) is 0 Å². The highest BCUT2D eigenvalue weighted by Gasteiger charge is 2.31. The van der Waals surface area contributed by atoms with E-state index in [1.54, 1.807) is 7.05 Å². The maximum atomic E-state index is 12.2. The lowest BCUT2D eigenvalue weighted by Crippen LogP contribution is -2.46. The molecule has 0 amide bonds. The summed E-state index contributed by atoms with van der Waals surface area (Å²) in [5, 5.41) is 12.8. The molecule has 0 saturated carbocycles. The summed E-state index contributed by atoms with van der Waals surface area (Å²) in [4.78, 5) is 0.165. The molecule has 0 bridgehead atoms. The summed E-state index contributed by atoms with van der Waals surface area (Å²) in [5.74, 6) is 0. The van der Waals surface area contributed by atoms with E-state index in [1.807, 2.05) is 0 Å². The number of aliphatic hydroxyl groups excluding tert-OH is 1. The third-order valence-corrected chi connectivity index (χ3v) is 4.44. The molecule has 7 nitrogen and oxygen atoms in total. The second kappa shape index (κ2) is 4.73. The van der Waals surface area contributed by atoms with E-state index < -0.39 is 16.1 Å². The maximum Gasteiger partial charge on any atom is 0.246 e. The fourth-order valence-electron chi connectivity index (χ4n) is 1.70. The van der Waals surface area contributed by atoms with E-state index in [2.05, 4.69) is 5.10 Å². The van der Waals surface area contributed by atoms with Crippen LogP contribution in [0.3, 0.4) is 0 Å². The van der Waals surface area contributed by atoms with Crippen LogP contribution in [0.1, 0.15) is 0 Å². The van der Waals surface area contributed by atoms with Gasteiger partial charge in [-0.25, -0.2) is 8.42 Å². The Morgan fingerprint density at radius 2 is 2.41 bits per heavy atom. The molecule has 2 rings (SSSR count). The molecule has 8 heteroatoms. The summed E-state index contributed by atoms with van der Waals surface area (Å²) >= 11 is 0. The van der Waals surface area contributed by atoms with Crippen LogP contribution in [0.15, 0.2) is 17.3 Å². The number of aromatic nitrogens is 2. The van der Waals surface area contributed by atoms with Gasteiger partial charge in [-0.15, -0.1) is 0 Å². The molecular weight excluding hydrogens is 246 g/mol. The fraction of sp³-hybridized carbons (Fsp3) is 0.667. The molecule has 1 fully saturated rings. The predicted molar refractivity (Wildman–Crippen MR) is 58.8 cm³/mol. The maximum absolute atomic E-state index is 12.2. The summed E-state index contributed by atoms with van der Waals surface area (Å²) in [5.41, 5.74) is 0. The molecule has 1 aliphatic rings. The molecule has 96 valence electrons.